The number of hydrogen-bond donors (Lipinski definition) is 1. The lowest BCUT2D eigenvalue weighted by atomic mass is 10.1. The summed E-state index contributed by atoms with van der Waals surface area (Å²) in [5.74, 6) is -0.427. The van der Waals surface area contributed by atoms with Crippen LogP contribution in [0.1, 0.15) is 11.1 Å². The summed E-state index contributed by atoms with van der Waals surface area (Å²) in [5, 5.41) is 6.93. The van der Waals surface area contributed by atoms with E-state index in [0.717, 1.165) is 22.3 Å². The summed E-state index contributed by atoms with van der Waals surface area (Å²) in [6, 6.07) is 15.0. The third kappa shape index (κ3) is 4.32. The number of aromatic nitrogens is 2. The Morgan fingerprint density at radius 1 is 1.27 bits per heavy atom. The zero-order valence-electron chi connectivity index (χ0n) is 16.0. The first-order valence-electron chi connectivity index (χ1n) is 9.12. The fourth-order valence-electron chi connectivity index (χ4n) is 2.98. The molecule has 0 radical (unpaired) electrons. The minimum atomic E-state index is -0.427. The minimum absolute atomic E-state index is 0.183. The summed E-state index contributed by atoms with van der Waals surface area (Å²) >= 11 is 7.33. The molecule has 0 aliphatic rings. The van der Waals surface area contributed by atoms with Gasteiger partial charge in [-0.25, -0.2) is 10.4 Å². The predicted octanol–water partition coefficient (Wildman–Crippen LogP) is 4.24. The van der Waals surface area contributed by atoms with Crippen molar-refractivity contribution in [1.29, 1.82) is 0 Å². The van der Waals surface area contributed by atoms with E-state index >= 15 is 0 Å². The van der Waals surface area contributed by atoms with Gasteiger partial charge < -0.3 is 0 Å². The first kappa shape index (κ1) is 20.0. The van der Waals surface area contributed by atoms with E-state index in [1.807, 2.05) is 42.6 Å². The first-order chi connectivity index (χ1) is 14.5. The highest BCUT2D eigenvalue weighted by atomic mass is 35.5. The van der Waals surface area contributed by atoms with E-state index in [9.17, 15) is 9.59 Å². The maximum absolute atomic E-state index is 13.0. The molecule has 0 saturated heterocycles. The molecule has 30 heavy (non-hydrogen) atoms. The molecule has 0 aliphatic carbocycles. The zero-order chi connectivity index (χ0) is 21.1. The Bertz CT molecular complexity index is 1310. The van der Waals surface area contributed by atoms with E-state index < -0.39 is 5.91 Å². The van der Waals surface area contributed by atoms with E-state index in [2.05, 4.69) is 15.5 Å². The molecule has 150 valence electrons. The van der Waals surface area contributed by atoms with Gasteiger partial charge in [0.1, 0.15) is 11.4 Å². The van der Waals surface area contributed by atoms with Gasteiger partial charge in [0.05, 0.1) is 17.9 Å². The van der Waals surface area contributed by atoms with Gasteiger partial charge >= 0.3 is 0 Å². The Kier molecular flexibility index (Phi) is 5.74. The third-order valence-corrected chi connectivity index (χ3v) is 5.61. The highest BCUT2D eigenvalue weighted by molar-refractivity contribution is 7.17. The standard InChI is InChI=1S/C22H17ClN4O2S/c1-14-5-7-16(8-6-14)18-12-30-21-20(18)22(29)27(13-24-21)11-19(28)26-25-10-15-3-2-4-17(23)9-15/h2-10,12-13H,11H2,1H3,(H,26,28)/b25-10+. The molecule has 0 saturated carbocycles. The van der Waals surface area contributed by atoms with Crippen molar-refractivity contribution in [2.24, 2.45) is 5.10 Å². The van der Waals surface area contributed by atoms with E-state index in [-0.39, 0.29) is 12.1 Å². The number of hydrogen-bond acceptors (Lipinski definition) is 5. The number of benzene rings is 2. The van der Waals surface area contributed by atoms with Crippen LogP contribution in [-0.4, -0.2) is 21.7 Å². The summed E-state index contributed by atoms with van der Waals surface area (Å²) in [5.41, 5.74) is 5.83. The molecule has 4 rings (SSSR count). The zero-order valence-corrected chi connectivity index (χ0v) is 17.6. The number of nitrogens with zero attached hydrogens (tertiary/aromatic N) is 3. The van der Waals surface area contributed by atoms with Crippen LogP contribution in [0.3, 0.4) is 0 Å². The number of rotatable bonds is 5. The maximum Gasteiger partial charge on any atom is 0.263 e. The molecule has 0 aliphatic heterocycles. The van der Waals surface area contributed by atoms with Crippen LogP contribution in [0.2, 0.25) is 5.02 Å². The van der Waals surface area contributed by atoms with Gasteiger partial charge in [0.25, 0.3) is 11.5 Å². The summed E-state index contributed by atoms with van der Waals surface area (Å²) in [6.07, 6.45) is 2.88. The number of carbonyl (C=O) groups excluding carboxylic acids is 1. The molecule has 1 N–H and O–H groups in total. The van der Waals surface area contributed by atoms with Crippen LogP contribution in [0.15, 0.2) is 70.1 Å². The predicted molar refractivity (Wildman–Crippen MR) is 121 cm³/mol. The number of aryl methyl sites for hydroxylation is 1. The SMILES string of the molecule is Cc1ccc(-c2csc3ncn(CC(=O)N/N=C/c4cccc(Cl)c4)c(=O)c23)cc1. The number of carbonyl (C=O) groups is 1. The normalized spacial score (nSPS) is 11.3. The van der Waals surface area contributed by atoms with E-state index in [0.29, 0.717) is 15.2 Å². The van der Waals surface area contributed by atoms with Crippen LogP contribution in [0.25, 0.3) is 21.3 Å². The molecule has 0 unspecified atom stereocenters. The van der Waals surface area contributed by atoms with Gasteiger partial charge in [0, 0.05) is 16.0 Å². The Hall–Kier alpha value is -3.29. The molecule has 2 aromatic heterocycles. The highest BCUT2D eigenvalue weighted by Crippen LogP contribution is 2.30. The van der Waals surface area contributed by atoms with Crippen LogP contribution in [0.5, 0.6) is 0 Å². The van der Waals surface area contributed by atoms with Crippen molar-refractivity contribution in [1.82, 2.24) is 15.0 Å². The van der Waals surface area contributed by atoms with Crippen LogP contribution in [0.4, 0.5) is 0 Å². The summed E-state index contributed by atoms with van der Waals surface area (Å²) in [7, 11) is 0. The van der Waals surface area contributed by atoms with Gasteiger partial charge in [-0.05, 0) is 30.2 Å². The first-order valence-corrected chi connectivity index (χ1v) is 10.4. The number of hydrazone groups is 1. The Labute approximate surface area is 181 Å². The second-order valence-electron chi connectivity index (χ2n) is 6.72. The quantitative estimate of drug-likeness (QED) is 0.375. The van der Waals surface area contributed by atoms with Crippen LogP contribution >= 0.6 is 22.9 Å². The topological polar surface area (TPSA) is 76.3 Å². The third-order valence-electron chi connectivity index (χ3n) is 4.49. The van der Waals surface area contributed by atoms with Gasteiger partial charge in [-0.3, -0.25) is 14.2 Å². The summed E-state index contributed by atoms with van der Waals surface area (Å²) in [4.78, 5) is 30.3. The molecule has 0 fully saturated rings. The molecular weight excluding hydrogens is 420 g/mol. The molecular formula is C22H17ClN4O2S. The molecule has 6 nitrogen and oxygen atoms in total. The number of amides is 1. The van der Waals surface area contributed by atoms with E-state index in [4.69, 9.17) is 11.6 Å². The largest absolute Gasteiger partial charge is 0.289 e. The van der Waals surface area contributed by atoms with E-state index in [1.54, 1.807) is 18.2 Å². The van der Waals surface area contributed by atoms with Crippen LogP contribution in [0, 0.1) is 6.92 Å². The Morgan fingerprint density at radius 3 is 2.83 bits per heavy atom. The average molecular weight is 437 g/mol. The number of fused-ring (bicyclic) bond motifs is 1. The Balaban J connectivity index is 1.55. The maximum atomic E-state index is 13.0. The average Bonchev–Trinajstić information content (AvgIpc) is 3.16. The van der Waals surface area contributed by atoms with Crippen molar-refractivity contribution >= 4 is 45.3 Å². The lowest BCUT2D eigenvalue weighted by molar-refractivity contribution is -0.121. The van der Waals surface area contributed by atoms with Crippen molar-refractivity contribution in [3.8, 4) is 11.1 Å². The van der Waals surface area contributed by atoms with Crippen LogP contribution in [-0.2, 0) is 11.3 Å². The Morgan fingerprint density at radius 2 is 2.07 bits per heavy atom. The molecule has 1 amide bonds. The van der Waals surface area contributed by atoms with Gasteiger partial charge in [-0.1, -0.05) is 53.6 Å². The second-order valence-corrected chi connectivity index (χ2v) is 8.02. The fraction of sp³-hybridized carbons (Fsp3) is 0.0909. The lowest BCUT2D eigenvalue weighted by Crippen LogP contribution is -2.30. The molecule has 0 spiro atoms. The van der Waals surface area contributed by atoms with Crippen molar-refractivity contribution in [2.45, 2.75) is 13.5 Å². The van der Waals surface area contributed by atoms with Gasteiger partial charge in [0.2, 0.25) is 0 Å². The number of halogens is 1. The van der Waals surface area contributed by atoms with Gasteiger partial charge in [-0.2, -0.15) is 5.10 Å². The van der Waals surface area contributed by atoms with Crippen molar-refractivity contribution in [3.05, 3.63) is 86.7 Å². The van der Waals surface area contributed by atoms with Crippen molar-refractivity contribution < 1.29 is 4.79 Å². The fourth-order valence-corrected chi connectivity index (χ4v) is 4.09. The summed E-state index contributed by atoms with van der Waals surface area (Å²) in [6.45, 7) is 1.83. The van der Waals surface area contributed by atoms with Crippen molar-refractivity contribution in [2.75, 3.05) is 0 Å². The van der Waals surface area contributed by atoms with Gasteiger partial charge in [0.15, 0.2) is 0 Å². The van der Waals surface area contributed by atoms with Crippen molar-refractivity contribution in [3.63, 3.8) is 0 Å². The van der Waals surface area contributed by atoms with Crippen LogP contribution < -0.4 is 11.0 Å². The molecule has 8 heteroatoms. The molecule has 0 atom stereocenters. The second kappa shape index (κ2) is 8.61. The molecule has 2 heterocycles. The molecule has 4 aromatic rings. The lowest BCUT2D eigenvalue weighted by Gasteiger charge is -2.05. The number of thiophene rings is 1. The molecule has 0 bridgehead atoms. The minimum Gasteiger partial charge on any atom is -0.289 e. The van der Waals surface area contributed by atoms with E-state index in [1.165, 1.54) is 28.4 Å². The summed E-state index contributed by atoms with van der Waals surface area (Å²) < 4.78 is 1.29. The van der Waals surface area contributed by atoms with Gasteiger partial charge in [-0.15, -0.1) is 11.3 Å². The number of nitrogens with one attached hydrogen (secondary N) is 1. The molecule has 2 aromatic carbocycles. The highest BCUT2D eigenvalue weighted by Gasteiger charge is 2.14. The smallest absolute Gasteiger partial charge is 0.263 e. The monoisotopic (exact) mass is 436 g/mol.